The third-order valence-electron chi connectivity index (χ3n) is 6.43. The van der Waals surface area contributed by atoms with Crippen LogP contribution in [0.25, 0.3) is 0 Å². The summed E-state index contributed by atoms with van der Waals surface area (Å²) in [6.45, 7) is 5.65. The van der Waals surface area contributed by atoms with Gasteiger partial charge in [0.1, 0.15) is 17.4 Å². The predicted molar refractivity (Wildman–Crippen MR) is 156 cm³/mol. The lowest BCUT2D eigenvalue weighted by atomic mass is 9.86. The van der Waals surface area contributed by atoms with Gasteiger partial charge in [0.05, 0.1) is 7.11 Å². The molecule has 0 aliphatic rings. The number of unbranched alkanes of at least 4 members (excludes halogenated alkanes) is 4. The number of benzene rings is 2. The van der Waals surface area contributed by atoms with E-state index in [-0.39, 0.29) is 37.2 Å². The third kappa shape index (κ3) is 11.9. The van der Waals surface area contributed by atoms with E-state index in [0.29, 0.717) is 24.2 Å². The molecule has 0 heterocycles. The molecule has 1 unspecified atom stereocenters. The number of carbonyl (C=O) groups is 4. The summed E-state index contributed by atoms with van der Waals surface area (Å²) >= 11 is 0. The number of esters is 3. The summed E-state index contributed by atoms with van der Waals surface area (Å²) in [4.78, 5) is 50.0. The molecule has 42 heavy (non-hydrogen) atoms. The Kier molecular flexibility index (Phi) is 14.5. The topological polar surface area (TPSA) is 140 Å². The summed E-state index contributed by atoms with van der Waals surface area (Å²) in [5.41, 5.74) is 5.44. The Morgan fingerprint density at radius 3 is 1.98 bits per heavy atom. The van der Waals surface area contributed by atoms with Gasteiger partial charge in [0.15, 0.2) is 11.5 Å². The van der Waals surface area contributed by atoms with Crippen LogP contribution in [0.15, 0.2) is 48.5 Å². The van der Waals surface area contributed by atoms with Crippen LogP contribution in [0, 0.1) is 0 Å². The molecule has 2 rings (SSSR count). The van der Waals surface area contributed by atoms with Crippen molar-refractivity contribution in [2.45, 2.75) is 96.6 Å². The summed E-state index contributed by atoms with van der Waals surface area (Å²) in [7, 11) is 1.21. The molecule has 0 saturated heterocycles. The second-order valence-corrected chi connectivity index (χ2v) is 10.3. The maximum Gasteiger partial charge on any atom is 0.514 e. The lowest BCUT2D eigenvalue weighted by molar-refractivity contribution is -0.148. The number of hydrogen-bond acceptors (Lipinski definition) is 10. The summed E-state index contributed by atoms with van der Waals surface area (Å²) < 4.78 is 26.6. The smallest absolute Gasteiger partial charge is 0.468 e. The quantitative estimate of drug-likeness (QED) is 0.101. The van der Waals surface area contributed by atoms with Gasteiger partial charge in [-0.2, -0.15) is 0 Å². The van der Waals surface area contributed by atoms with Crippen LogP contribution in [0.3, 0.4) is 0 Å². The third-order valence-corrected chi connectivity index (χ3v) is 6.43. The predicted octanol–water partition coefficient (Wildman–Crippen LogP) is 6.07. The van der Waals surface area contributed by atoms with Gasteiger partial charge in [0.25, 0.3) is 0 Å². The molecule has 2 aromatic rings. The molecule has 0 aliphatic heterocycles. The molecule has 0 aliphatic carbocycles. The average Bonchev–Trinajstić information content (AvgIpc) is 2.94. The molecular weight excluding hydrogens is 542 g/mol. The Morgan fingerprint density at radius 1 is 0.810 bits per heavy atom. The van der Waals surface area contributed by atoms with E-state index in [9.17, 15) is 19.2 Å². The largest absolute Gasteiger partial charge is 0.514 e. The van der Waals surface area contributed by atoms with Crippen LogP contribution in [-0.4, -0.2) is 42.8 Å². The van der Waals surface area contributed by atoms with Crippen molar-refractivity contribution in [1.29, 1.82) is 0 Å². The highest BCUT2D eigenvalue weighted by Gasteiger charge is 2.38. The van der Waals surface area contributed by atoms with E-state index < -0.39 is 35.7 Å². The maximum absolute atomic E-state index is 12.8. The molecule has 0 radical (unpaired) electrons. The van der Waals surface area contributed by atoms with E-state index >= 15 is 0 Å². The first-order chi connectivity index (χ1) is 20.1. The minimum Gasteiger partial charge on any atom is -0.468 e. The van der Waals surface area contributed by atoms with Crippen molar-refractivity contribution in [3.8, 4) is 17.2 Å². The summed E-state index contributed by atoms with van der Waals surface area (Å²) in [5.74, 6) is -1.15. The van der Waals surface area contributed by atoms with Gasteiger partial charge in [-0.1, -0.05) is 63.8 Å². The highest BCUT2D eigenvalue weighted by atomic mass is 16.7. The maximum atomic E-state index is 12.8. The van der Waals surface area contributed by atoms with E-state index in [0.717, 1.165) is 25.7 Å². The van der Waals surface area contributed by atoms with Crippen LogP contribution in [-0.2, 0) is 30.3 Å². The van der Waals surface area contributed by atoms with Crippen molar-refractivity contribution in [2.24, 2.45) is 5.73 Å². The second kappa shape index (κ2) is 17.8. The average molecular weight is 586 g/mol. The Morgan fingerprint density at radius 2 is 1.40 bits per heavy atom. The Balaban J connectivity index is 2.22. The van der Waals surface area contributed by atoms with E-state index in [2.05, 4.69) is 0 Å². The number of para-hydroxylation sites is 1. The number of methoxy groups -OCH3 is 1. The van der Waals surface area contributed by atoms with Crippen molar-refractivity contribution in [3.05, 3.63) is 54.1 Å². The first-order valence-corrected chi connectivity index (χ1v) is 14.4. The number of hydrogen-bond donors (Lipinski definition) is 1. The molecule has 2 N–H and O–H groups in total. The first-order valence-electron chi connectivity index (χ1n) is 14.4. The minimum atomic E-state index is -1.61. The van der Waals surface area contributed by atoms with Gasteiger partial charge < -0.3 is 29.4 Å². The lowest BCUT2D eigenvalue weighted by Crippen LogP contribution is -2.53. The molecule has 0 spiro atoms. The van der Waals surface area contributed by atoms with Crippen LogP contribution in [0.1, 0.15) is 84.1 Å². The normalized spacial score (nSPS) is 12.9. The van der Waals surface area contributed by atoms with Crippen molar-refractivity contribution in [3.63, 3.8) is 0 Å². The van der Waals surface area contributed by atoms with Gasteiger partial charge in [0, 0.05) is 25.7 Å². The molecule has 230 valence electrons. The van der Waals surface area contributed by atoms with Gasteiger partial charge >= 0.3 is 24.1 Å². The van der Waals surface area contributed by atoms with Crippen molar-refractivity contribution in [1.82, 2.24) is 0 Å². The van der Waals surface area contributed by atoms with E-state index in [1.54, 1.807) is 43.3 Å². The molecule has 2 atom stereocenters. The van der Waals surface area contributed by atoms with Crippen molar-refractivity contribution in [2.75, 3.05) is 7.11 Å². The van der Waals surface area contributed by atoms with Gasteiger partial charge in [0.2, 0.25) is 0 Å². The molecular formula is C32H43NO9. The fourth-order valence-electron chi connectivity index (χ4n) is 4.34. The van der Waals surface area contributed by atoms with Crippen molar-refractivity contribution < 1.29 is 42.9 Å². The molecule has 0 amide bonds. The zero-order valence-electron chi connectivity index (χ0n) is 25.0. The van der Waals surface area contributed by atoms with Crippen LogP contribution in [0.4, 0.5) is 4.79 Å². The minimum absolute atomic E-state index is 0.0494. The molecule has 0 fully saturated rings. The Hall–Kier alpha value is -3.92. The monoisotopic (exact) mass is 585 g/mol. The molecule has 0 aromatic heterocycles. The second-order valence-electron chi connectivity index (χ2n) is 10.3. The van der Waals surface area contributed by atoms with Crippen LogP contribution >= 0.6 is 0 Å². The highest BCUT2D eigenvalue weighted by molar-refractivity contribution is 5.81. The van der Waals surface area contributed by atoms with Gasteiger partial charge in [-0.05, 0) is 49.6 Å². The molecule has 2 aromatic carbocycles. The summed E-state index contributed by atoms with van der Waals surface area (Å²) in [6, 6.07) is 13.1. The standard InChI is InChI=1S/C32H43NO9/c1-5-7-10-16-28(34)41-26-19-18-24(20-27(26)42-29(35)17-11-8-6-2)22-32(33,30(36)38-4)21-23(3)39-31(37)40-25-14-12-9-13-15-25/h9,12-15,18-20,23H,5-8,10-11,16-17,21-22,33H2,1-4H3/t23-,32?/m0/s1. The summed E-state index contributed by atoms with van der Waals surface area (Å²) in [6.07, 6.45) is 3.57. The molecule has 10 heteroatoms. The van der Waals surface area contributed by atoms with Gasteiger partial charge in [-0.3, -0.25) is 14.4 Å². The Labute approximate surface area is 247 Å². The fraction of sp³-hybridized carbons (Fsp3) is 0.500. The number of carbonyl (C=O) groups excluding carboxylic acids is 4. The number of rotatable bonds is 17. The SMILES string of the molecule is CCCCCC(=O)Oc1ccc(CC(N)(C[C@H](C)OC(=O)Oc2ccccc2)C(=O)OC)cc1OC(=O)CCCCC. The fourth-order valence-corrected chi connectivity index (χ4v) is 4.34. The first kappa shape index (κ1) is 34.3. The number of ether oxygens (including phenoxy) is 5. The summed E-state index contributed by atoms with van der Waals surface area (Å²) in [5, 5.41) is 0. The molecule has 0 bridgehead atoms. The van der Waals surface area contributed by atoms with Crippen LogP contribution in [0.5, 0.6) is 17.2 Å². The zero-order chi connectivity index (χ0) is 31.0. The van der Waals surface area contributed by atoms with E-state index in [4.69, 9.17) is 29.4 Å². The Bertz CT molecular complexity index is 1170. The van der Waals surface area contributed by atoms with E-state index in [1.807, 2.05) is 13.8 Å². The highest BCUT2D eigenvalue weighted by Crippen LogP contribution is 2.32. The van der Waals surface area contributed by atoms with Gasteiger partial charge in [-0.15, -0.1) is 0 Å². The van der Waals surface area contributed by atoms with Crippen molar-refractivity contribution >= 4 is 24.1 Å². The lowest BCUT2D eigenvalue weighted by Gasteiger charge is -2.29. The zero-order valence-corrected chi connectivity index (χ0v) is 25.0. The molecule has 10 nitrogen and oxygen atoms in total. The molecule has 0 saturated carbocycles. The van der Waals surface area contributed by atoms with Crippen LogP contribution in [0.2, 0.25) is 0 Å². The number of nitrogens with two attached hydrogens (primary N) is 1. The van der Waals surface area contributed by atoms with Crippen LogP contribution < -0.4 is 19.9 Å². The van der Waals surface area contributed by atoms with E-state index in [1.165, 1.54) is 19.2 Å². The van der Waals surface area contributed by atoms with Gasteiger partial charge in [-0.25, -0.2) is 4.79 Å².